The number of benzene rings is 3. The first-order valence-corrected chi connectivity index (χ1v) is 10.1. The Morgan fingerprint density at radius 2 is 1.63 bits per heavy atom. The molecule has 0 spiro atoms. The Bertz CT molecular complexity index is 1110. The second-order valence-corrected chi connectivity index (χ2v) is 8.29. The van der Waals surface area contributed by atoms with E-state index in [1.807, 2.05) is 49.4 Å². The number of hydrogen-bond acceptors (Lipinski definition) is 4. The van der Waals surface area contributed by atoms with Gasteiger partial charge >= 0.3 is 5.97 Å². The van der Waals surface area contributed by atoms with Crippen LogP contribution in [0.25, 0.3) is 16.8 Å². The van der Waals surface area contributed by atoms with Gasteiger partial charge in [0.15, 0.2) is 9.84 Å². The highest BCUT2D eigenvalue weighted by Crippen LogP contribution is 2.23. The maximum Gasteiger partial charge on any atom is 0.334 e. The van der Waals surface area contributed by atoms with Crippen molar-refractivity contribution < 1.29 is 17.9 Å². The Morgan fingerprint density at radius 1 is 0.963 bits per heavy atom. The zero-order valence-electron chi connectivity index (χ0n) is 15.2. The van der Waals surface area contributed by atoms with Crippen LogP contribution < -0.4 is 0 Å². The molecule has 5 heteroatoms. The van der Waals surface area contributed by atoms with Crippen LogP contribution in [0.3, 0.4) is 0 Å². The Labute approximate surface area is 159 Å². The first kappa shape index (κ1) is 18.9. The van der Waals surface area contributed by atoms with Crippen molar-refractivity contribution in [1.82, 2.24) is 0 Å². The van der Waals surface area contributed by atoms with E-state index in [9.17, 15) is 13.2 Å². The minimum atomic E-state index is -3.67. The fraction of sp³-hybridized carbons (Fsp3) is 0.136. The van der Waals surface area contributed by atoms with E-state index in [0.29, 0.717) is 0 Å². The van der Waals surface area contributed by atoms with Gasteiger partial charge in [-0.05, 0) is 41.5 Å². The van der Waals surface area contributed by atoms with Crippen LogP contribution in [0.1, 0.15) is 11.1 Å². The summed E-state index contributed by atoms with van der Waals surface area (Å²) in [4.78, 5) is 12.4. The summed E-state index contributed by atoms with van der Waals surface area (Å²) in [7, 11) is -2.43. The minimum absolute atomic E-state index is 0.0921. The van der Waals surface area contributed by atoms with Crippen LogP contribution in [0.4, 0.5) is 0 Å². The number of fused-ring (bicyclic) bond motifs is 1. The maximum atomic E-state index is 12.8. The van der Waals surface area contributed by atoms with Crippen LogP contribution >= 0.6 is 0 Å². The van der Waals surface area contributed by atoms with Crippen molar-refractivity contribution in [1.29, 1.82) is 0 Å². The summed E-state index contributed by atoms with van der Waals surface area (Å²) in [6, 6.07) is 20.0. The van der Waals surface area contributed by atoms with Crippen molar-refractivity contribution in [2.45, 2.75) is 11.8 Å². The zero-order chi connectivity index (χ0) is 19.4. The Kier molecular flexibility index (Phi) is 5.42. The Morgan fingerprint density at radius 3 is 2.33 bits per heavy atom. The molecule has 0 aromatic heterocycles. The third-order valence-electron chi connectivity index (χ3n) is 4.33. The Hall–Kier alpha value is -2.92. The number of esters is 1. The van der Waals surface area contributed by atoms with Gasteiger partial charge in [-0.2, -0.15) is 0 Å². The molecule has 0 aliphatic carbocycles. The van der Waals surface area contributed by atoms with Gasteiger partial charge in [-0.1, -0.05) is 60.2 Å². The predicted molar refractivity (Wildman–Crippen MR) is 107 cm³/mol. The number of hydrogen-bond donors (Lipinski definition) is 0. The molecule has 3 aromatic rings. The summed E-state index contributed by atoms with van der Waals surface area (Å²) in [5, 5.41) is 1.95. The van der Waals surface area contributed by atoms with Crippen molar-refractivity contribution in [3.05, 3.63) is 83.4 Å². The lowest BCUT2D eigenvalue weighted by atomic mass is 10.0. The monoisotopic (exact) mass is 380 g/mol. The summed E-state index contributed by atoms with van der Waals surface area (Å²) in [6.07, 6.45) is 1.60. The highest BCUT2D eigenvalue weighted by atomic mass is 32.2. The molecule has 27 heavy (non-hydrogen) atoms. The van der Waals surface area contributed by atoms with Crippen LogP contribution in [0, 0.1) is 6.92 Å². The number of carbonyl (C=O) groups is 1. The maximum absolute atomic E-state index is 12.8. The van der Waals surface area contributed by atoms with Crippen LogP contribution in [0.5, 0.6) is 0 Å². The number of ether oxygens (including phenoxy) is 1. The first-order valence-electron chi connectivity index (χ1n) is 8.47. The molecule has 0 aliphatic rings. The van der Waals surface area contributed by atoms with E-state index in [0.717, 1.165) is 21.9 Å². The zero-order valence-corrected chi connectivity index (χ0v) is 16.0. The summed E-state index contributed by atoms with van der Waals surface area (Å²) >= 11 is 0. The Balaban J connectivity index is 2.05. The molecule has 0 amide bonds. The highest BCUT2D eigenvalue weighted by Gasteiger charge is 2.22. The average Bonchev–Trinajstić information content (AvgIpc) is 2.67. The fourth-order valence-electron chi connectivity index (χ4n) is 2.89. The molecular weight excluding hydrogens is 360 g/mol. The quantitative estimate of drug-likeness (QED) is 0.492. The summed E-state index contributed by atoms with van der Waals surface area (Å²) < 4.78 is 30.4. The van der Waals surface area contributed by atoms with Gasteiger partial charge in [0.1, 0.15) is 0 Å². The van der Waals surface area contributed by atoms with Crippen molar-refractivity contribution in [2.75, 3.05) is 12.9 Å². The van der Waals surface area contributed by atoms with Crippen LogP contribution in [0.15, 0.2) is 77.2 Å². The van der Waals surface area contributed by atoms with E-state index in [2.05, 4.69) is 0 Å². The van der Waals surface area contributed by atoms with E-state index in [1.54, 1.807) is 30.3 Å². The lowest BCUT2D eigenvalue weighted by Gasteiger charge is -2.09. The van der Waals surface area contributed by atoms with Crippen molar-refractivity contribution >= 4 is 32.7 Å². The standard InChI is InChI=1S/C22H20O4S/c1-16-10-12-20(13-11-16)27(24,25)15-19(22(23)26-2)14-18-8-5-7-17-6-3-4-9-21(17)18/h3-14H,15H2,1-2H3/b19-14-. The molecule has 0 N–H and O–H groups in total. The van der Waals surface area contributed by atoms with Gasteiger partial charge < -0.3 is 4.74 Å². The molecule has 0 bridgehead atoms. The predicted octanol–water partition coefficient (Wildman–Crippen LogP) is 4.18. The van der Waals surface area contributed by atoms with Gasteiger partial charge in [-0.3, -0.25) is 0 Å². The number of sulfone groups is 1. The van der Waals surface area contributed by atoms with Gasteiger partial charge in [0, 0.05) is 0 Å². The third kappa shape index (κ3) is 4.26. The van der Waals surface area contributed by atoms with E-state index < -0.39 is 21.6 Å². The molecule has 4 nitrogen and oxygen atoms in total. The molecule has 0 unspecified atom stereocenters. The van der Waals surface area contributed by atoms with Crippen molar-refractivity contribution in [3.63, 3.8) is 0 Å². The van der Waals surface area contributed by atoms with Crippen molar-refractivity contribution in [3.8, 4) is 0 Å². The number of aryl methyl sites for hydroxylation is 1. The molecule has 0 saturated carbocycles. The van der Waals surface area contributed by atoms with Gasteiger partial charge in [0.05, 0.1) is 23.3 Å². The summed E-state index contributed by atoms with van der Waals surface area (Å²) in [5.41, 5.74) is 1.83. The van der Waals surface area contributed by atoms with E-state index in [1.165, 1.54) is 7.11 Å². The molecule has 3 rings (SSSR count). The third-order valence-corrected chi connectivity index (χ3v) is 6.01. The molecule has 0 radical (unpaired) electrons. The van der Waals surface area contributed by atoms with Gasteiger partial charge in [-0.15, -0.1) is 0 Å². The number of methoxy groups -OCH3 is 1. The normalized spacial score (nSPS) is 12.1. The van der Waals surface area contributed by atoms with Crippen LogP contribution in [0.2, 0.25) is 0 Å². The van der Waals surface area contributed by atoms with Crippen molar-refractivity contribution in [2.24, 2.45) is 0 Å². The van der Waals surface area contributed by atoms with Gasteiger partial charge in [0.25, 0.3) is 0 Å². The van der Waals surface area contributed by atoms with E-state index in [4.69, 9.17) is 4.74 Å². The molecule has 0 saturated heterocycles. The lowest BCUT2D eigenvalue weighted by Crippen LogP contribution is -2.16. The largest absolute Gasteiger partial charge is 0.466 e. The summed E-state index contributed by atoms with van der Waals surface area (Å²) in [6.45, 7) is 1.89. The average molecular weight is 380 g/mol. The second kappa shape index (κ2) is 7.76. The van der Waals surface area contributed by atoms with E-state index >= 15 is 0 Å². The van der Waals surface area contributed by atoms with E-state index in [-0.39, 0.29) is 10.5 Å². The number of carbonyl (C=O) groups excluding carboxylic acids is 1. The van der Waals surface area contributed by atoms with Gasteiger partial charge in [0.2, 0.25) is 0 Å². The fourth-order valence-corrected chi connectivity index (χ4v) is 4.22. The number of rotatable bonds is 5. The molecule has 0 atom stereocenters. The molecule has 0 fully saturated rings. The smallest absolute Gasteiger partial charge is 0.334 e. The molecule has 138 valence electrons. The second-order valence-electron chi connectivity index (χ2n) is 6.30. The molecular formula is C22H20O4S. The molecule has 0 heterocycles. The minimum Gasteiger partial charge on any atom is -0.466 e. The highest BCUT2D eigenvalue weighted by molar-refractivity contribution is 7.91. The summed E-state index contributed by atoms with van der Waals surface area (Å²) in [5.74, 6) is -1.08. The SMILES string of the molecule is COC(=O)/C(=C\c1cccc2ccccc12)CS(=O)(=O)c1ccc(C)cc1. The van der Waals surface area contributed by atoms with Crippen LogP contribution in [-0.4, -0.2) is 27.2 Å². The lowest BCUT2D eigenvalue weighted by molar-refractivity contribution is -0.135. The topological polar surface area (TPSA) is 60.4 Å². The first-order chi connectivity index (χ1) is 12.9. The molecule has 0 aliphatic heterocycles. The van der Waals surface area contributed by atoms with Crippen LogP contribution in [-0.2, 0) is 19.4 Å². The van der Waals surface area contributed by atoms with Gasteiger partial charge in [-0.25, -0.2) is 13.2 Å². The molecule has 3 aromatic carbocycles.